The highest BCUT2D eigenvalue weighted by molar-refractivity contribution is 9.10. The molecule has 0 amide bonds. The van der Waals surface area contributed by atoms with E-state index in [1.54, 1.807) is 0 Å². The van der Waals surface area contributed by atoms with Crippen LogP contribution in [-0.4, -0.2) is 24.1 Å². The molecular weight excluding hydrogens is 266 g/mol. The van der Waals surface area contributed by atoms with Gasteiger partial charge in [-0.15, -0.1) is 0 Å². The summed E-state index contributed by atoms with van der Waals surface area (Å²) >= 11 is 3.47. The lowest BCUT2D eigenvalue weighted by Crippen LogP contribution is -2.46. The van der Waals surface area contributed by atoms with Gasteiger partial charge >= 0.3 is 0 Å². The molecule has 1 aromatic rings. The zero-order valence-corrected chi connectivity index (χ0v) is 11.4. The van der Waals surface area contributed by atoms with Gasteiger partial charge in [-0.1, -0.05) is 6.92 Å². The van der Waals surface area contributed by atoms with Gasteiger partial charge < -0.3 is 10.6 Å². The molecule has 0 saturated carbocycles. The standard InChI is InChI=1S/C12H18BrN3/c1-8-5-12(15-6-10(8)13)16-4-3-11(14)9(2)7-16/h5-6,9,11H,3-4,7,14H2,1-2H3. The fourth-order valence-electron chi connectivity index (χ4n) is 2.07. The van der Waals surface area contributed by atoms with E-state index in [-0.39, 0.29) is 0 Å². The molecule has 2 heterocycles. The number of aromatic nitrogens is 1. The van der Waals surface area contributed by atoms with Crippen molar-refractivity contribution in [1.29, 1.82) is 0 Å². The van der Waals surface area contributed by atoms with Crippen molar-refractivity contribution in [3.63, 3.8) is 0 Å². The summed E-state index contributed by atoms with van der Waals surface area (Å²) in [4.78, 5) is 6.79. The first-order valence-corrected chi connectivity index (χ1v) is 6.50. The maximum Gasteiger partial charge on any atom is 0.128 e. The molecule has 1 aliphatic rings. The topological polar surface area (TPSA) is 42.1 Å². The highest BCUT2D eigenvalue weighted by atomic mass is 79.9. The maximum absolute atomic E-state index is 6.02. The maximum atomic E-state index is 6.02. The second kappa shape index (κ2) is 4.72. The van der Waals surface area contributed by atoms with E-state index in [0.29, 0.717) is 12.0 Å². The zero-order valence-electron chi connectivity index (χ0n) is 9.78. The summed E-state index contributed by atoms with van der Waals surface area (Å²) in [5.41, 5.74) is 7.25. The number of rotatable bonds is 1. The molecule has 4 heteroatoms. The van der Waals surface area contributed by atoms with E-state index >= 15 is 0 Å². The molecule has 0 bridgehead atoms. The van der Waals surface area contributed by atoms with E-state index in [2.05, 4.69) is 45.7 Å². The number of nitrogens with two attached hydrogens (primary N) is 1. The van der Waals surface area contributed by atoms with Crippen LogP contribution in [-0.2, 0) is 0 Å². The molecule has 2 atom stereocenters. The van der Waals surface area contributed by atoms with Crippen molar-refractivity contribution >= 4 is 21.7 Å². The van der Waals surface area contributed by atoms with Gasteiger partial charge in [0, 0.05) is 29.8 Å². The van der Waals surface area contributed by atoms with E-state index in [0.717, 1.165) is 29.8 Å². The number of halogens is 1. The SMILES string of the molecule is Cc1cc(N2CCC(N)C(C)C2)ncc1Br. The minimum atomic E-state index is 0.341. The fraction of sp³-hybridized carbons (Fsp3) is 0.583. The van der Waals surface area contributed by atoms with Crippen molar-refractivity contribution in [2.75, 3.05) is 18.0 Å². The van der Waals surface area contributed by atoms with Crippen LogP contribution >= 0.6 is 15.9 Å². The molecule has 1 saturated heterocycles. The Morgan fingerprint density at radius 1 is 1.56 bits per heavy atom. The second-order valence-corrected chi connectivity index (χ2v) is 5.52. The van der Waals surface area contributed by atoms with Crippen LogP contribution < -0.4 is 10.6 Å². The Morgan fingerprint density at radius 2 is 2.31 bits per heavy atom. The summed E-state index contributed by atoms with van der Waals surface area (Å²) in [7, 11) is 0. The average molecular weight is 284 g/mol. The van der Waals surface area contributed by atoms with Crippen LogP contribution in [0, 0.1) is 12.8 Å². The summed E-state index contributed by atoms with van der Waals surface area (Å²) in [6.45, 7) is 6.33. The number of nitrogens with zero attached hydrogens (tertiary/aromatic N) is 2. The smallest absolute Gasteiger partial charge is 0.128 e. The lowest BCUT2D eigenvalue weighted by Gasteiger charge is -2.36. The minimum Gasteiger partial charge on any atom is -0.356 e. The first-order valence-electron chi connectivity index (χ1n) is 5.70. The molecule has 1 fully saturated rings. The Hall–Kier alpha value is -0.610. The first kappa shape index (κ1) is 11.9. The summed E-state index contributed by atoms with van der Waals surface area (Å²) in [5.74, 6) is 1.61. The number of hydrogen-bond acceptors (Lipinski definition) is 3. The molecule has 0 spiro atoms. The van der Waals surface area contributed by atoms with Gasteiger partial charge in [0.25, 0.3) is 0 Å². The summed E-state index contributed by atoms with van der Waals surface area (Å²) in [6.07, 6.45) is 2.93. The molecule has 2 N–H and O–H groups in total. The van der Waals surface area contributed by atoms with E-state index in [1.165, 1.54) is 5.56 Å². The van der Waals surface area contributed by atoms with Crippen molar-refractivity contribution in [1.82, 2.24) is 4.98 Å². The highest BCUT2D eigenvalue weighted by Crippen LogP contribution is 2.24. The lowest BCUT2D eigenvalue weighted by atomic mass is 9.95. The molecular formula is C12H18BrN3. The van der Waals surface area contributed by atoms with Gasteiger partial charge in [-0.2, -0.15) is 0 Å². The van der Waals surface area contributed by atoms with Crippen LogP contribution in [0.15, 0.2) is 16.7 Å². The van der Waals surface area contributed by atoms with Crippen molar-refractivity contribution in [3.8, 4) is 0 Å². The van der Waals surface area contributed by atoms with E-state index in [1.807, 2.05) is 6.20 Å². The van der Waals surface area contributed by atoms with Crippen molar-refractivity contribution in [3.05, 3.63) is 22.3 Å². The Bertz CT molecular complexity index is 381. The van der Waals surface area contributed by atoms with Crippen LogP contribution in [0.5, 0.6) is 0 Å². The third kappa shape index (κ3) is 2.38. The van der Waals surface area contributed by atoms with Crippen LogP contribution in [0.3, 0.4) is 0 Å². The Morgan fingerprint density at radius 3 is 2.94 bits per heavy atom. The molecule has 2 unspecified atom stereocenters. The lowest BCUT2D eigenvalue weighted by molar-refractivity contribution is 0.381. The average Bonchev–Trinajstić information content (AvgIpc) is 2.26. The quantitative estimate of drug-likeness (QED) is 0.860. The second-order valence-electron chi connectivity index (χ2n) is 4.67. The van der Waals surface area contributed by atoms with E-state index in [9.17, 15) is 0 Å². The van der Waals surface area contributed by atoms with Crippen molar-refractivity contribution in [2.45, 2.75) is 26.3 Å². The molecule has 2 rings (SSSR count). The number of hydrogen-bond donors (Lipinski definition) is 1. The molecule has 1 aliphatic heterocycles. The van der Waals surface area contributed by atoms with Crippen molar-refractivity contribution < 1.29 is 0 Å². The van der Waals surface area contributed by atoms with Gasteiger partial charge in [-0.05, 0) is 46.8 Å². The third-order valence-corrected chi connectivity index (χ3v) is 4.16. The van der Waals surface area contributed by atoms with E-state index < -0.39 is 0 Å². The van der Waals surface area contributed by atoms with Gasteiger partial charge in [0.15, 0.2) is 0 Å². The van der Waals surface area contributed by atoms with Crippen LogP contribution in [0.4, 0.5) is 5.82 Å². The van der Waals surface area contributed by atoms with E-state index in [4.69, 9.17) is 5.73 Å². The molecule has 88 valence electrons. The van der Waals surface area contributed by atoms with Crippen LogP contribution in [0.2, 0.25) is 0 Å². The summed E-state index contributed by atoms with van der Waals surface area (Å²) in [5, 5.41) is 0. The molecule has 1 aromatic heterocycles. The summed E-state index contributed by atoms with van der Waals surface area (Å²) in [6, 6.07) is 2.47. The number of piperidine rings is 1. The predicted octanol–water partition coefficient (Wildman–Crippen LogP) is 2.33. The van der Waals surface area contributed by atoms with Crippen molar-refractivity contribution in [2.24, 2.45) is 11.7 Å². The molecule has 0 radical (unpaired) electrons. The molecule has 0 aromatic carbocycles. The van der Waals surface area contributed by atoms with Crippen LogP contribution in [0.1, 0.15) is 18.9 Å². The van der Waals surface area contributed by atoms with Gasteiger partial charge in [0.05, 0.1) is 0 Å². The molecule has 0 aliphatic carbocycles. The zero-order chi connectivity index (χ0) is 11.7. The molecule has 3 nitrogen and oxygen atoms in total. The highest BCUT2D eigenvalue weighted by Gasteiger charge is 2.23. The fourth-order valence-corrected chi connectivity index (χ4v) is 2.29. The monoisotopic (exact) mass is 283 g/mol. The predicted molar refractivity (Wildman–Crippen MR) is 70.6 cm³/mol. The minimum absolute atomic E-state index is 0.341. The number of aryl methyl sites for hydroxylation is 1. The third-order valence-electron chi connectivity index (χ3n) is 3.33. The first-order chi connectivity index (χ1) is 7.58. The number of pyridine rings is 1. The van der Waals surface area contributed by atoms with Gasteiger partial charge in [0.2, 0.25) is 0 Å². The Kier molecular flexibility index (Phi) is 3.50. The largest absolute Gasteiger partial charge is 0.356 e. The van der Waals surface area contributed by atoms with Gasteiger partial charge in [-0.25, -0.2) is 4.98 Å². The Balaban J connectivity index is 2.15. The van der Waals surface area contributed by atoms with Crippen LogP contribution in [0.25, 0.3) is 0 Å². The van der Waals surface area contributed by atoms with Gasteiger partial charge in [0.1, 0.15) is 5.82 Å². The summed E-state index contributed by atoms with van der Waals surface area (Å²) < 4.78 is 1.07. The van der Waals surface area contributed by atoms with Gasteiger partial charge in [-0.3, -0.25) is 0 Å². The molecule has 16 heavy (non-hydrogen) atoms. The normalized spacial score (nSPS) is 25.9. The Labute approximate surface area is 105 Å². The number of anilines is 1.